The summed E-state index contributed by atoms with van der Waals surface area (Å²) >= 11 is 0. The predicted octanol–water partition coefficient (Wildman–Crippen LogP) is 1.05. The lowest BCUT2D eigenvalue weighted by Crippen LogP contribution is -2.32. The predicted molar refractivity (Wildman–Crippen MR) is 64.6 cm³/mol. The minimum absolute atomic E-state index is 0.110. The molecular formula is C12H18N4O. The van der Waals surface area contributed by atoms with E-state index in [9.17, 15) is 4.79 Å². The molecule has 0 radical (unpaired) electrons. The van der Waals surface area contributed by atoms with E-state index in [1.807, 2.05) is 6.07 Å². The zero-order valence-corrected chi connectivity index (χ0v) is 9.99. The van der Waals surface area contributed by atoms with Gasteiger partial charge in [0.15, 0.2) is 5.82 Å². The molecule has 2 aliphatic rings. The SMILES string of the molecule is CCc1cc(NC(=O)C2CC3CCC2N3)n[nH]1. The topological polar surface area (TPSA) is 69.8 Å². The maximum atomic E-state index is 12.1. The molecule has 3 heterocycles. The third-order valence-corrected chi connectivity index (χ3v) is 3.90. The molecule has 2 aliphatic heterocycles. The van der Waals surface area contributed by atoms with Crippen molar-refractivity contribution in [1.29, 1.82) is 0 Å². The van der Waals surface area contributed by atoms with E-state index in [0.717, 1.165) is 25.0 Å². The van der Waals surface area contributed by atoms with E-state index in [4.69, 9.17) is 0 Å². The summed E-state index contributed by atoms with van der Waals surface area (Å²) in [5.41, 5.74) is 1.05. The number of hydrogen-bond acceptors (Lipinski definition) is 3. The third kappa shape index (κ3) is 1.95. The van der Waals surface area contributed by atoms with Gasteiger partial charge in [-0.15, -0.1) is 0 Å². The Labute approximate surface area is 100 Å². The van der Waals surface area contributed by atoms with Crippen molar-refractivity contribution in [2.45, 2.75) is 44.7 Å². The highest BCUT2D eigenvalue weighted by atomic mass is 16.2. The monoisotopic (exact) mass is 234 g/mol. The summed E-state index contributed by atoms with van der Waals surface area (Å²) in [6.45, 7) is 2.05. The Balaban J connectivity index is 1.63. The van der Waals surface area contributed by atoms with Crippen molar-refractivity contribution in [2.24, 2.45) is 5.92 Å². The molecule has 3 rings (SSSR count). The molecule has 17 heavy (non-hydrogen) atoms. The van der Waals surface area contributed by atoms with Crippen LogP contribution in [0, 0.1) is 5.92 Å². The molecule has 92 valence electrons. The molecule has 0 saturated carbocycles. The minimum atomic E-state index is 0.110. The number of nitrogens with one attached hydrogen (secondary N) is 3. The van der Waals surface area contributed by atoms with Crippen LogP contribution in [0.2, 0.25) is 0 Å². The maximum Gasteiger partial charge on any atom is 0.230 e. The fourth-order valence-corrected chi connectivity index (χ4v) is 2.94. The Morgan fingerprint density at radius 1 is 1.59 bits per heavy atom. The van der Waals surface area contributed by atoms with E-state index < -0.39 is 0 Å². The first-order valence-electron chi connectivity index (χ1n) is 6.37. The van der Waals surface area contributed by atoms with Crippen molar-refractivity contribution in [3.05, 3.63) is 11.8 Å². The fraction of sp³-hybridized carbons (Fsp3) is 0.667. The van der Waals surface area contributed by atoms with Crippen molar-refractivity contribution in [1.82, 2.24) is 15.5 Å². The second-order valence-corrected chi connectivity index (χ2v) is 5.01. The number of nitrogens with zero attached hydrogens (tertiary/aromatic N) is 1. The van der Waals surface area contributed by atoms with Crippen LogP contribution in [0.4, 0.5) is 5.82 Å². The first-order chi connectivity index (χ1) is 8.26. The number of anilines is 1. The van der Waals surface area contributed by atoms with Gasteiger partial charge in [-0.2, -0.15) is 5.10 Å². The highest BCUT2D eigenvalue weighted by molar-refractivity contribution is 5.92. The van der Waals surface area contributed by atoms with Gasteiger partial charge in [0.1, 0.15) is 0 Å². The van der Waals surface area contributed by atoms with E-state index in [-0.39, 0.29) is 11.8 Å². The number of amides is 1. The normalized spacial score (nSPS) is 30.8. The van der Waals surface area contributed by atoms with Crippen LogP contribution in [-0.4, -0.2) is 28.2 Å². The van der Waals surface area contributed by atoms with Crippen molar-refractivity contribution in [2.75, 3.05) is 5.32 Å². The Morgan fingerprint density at radius 3 is 3.06 bits per heavy atom. The zero-order chi connectivity index (χ0) is 11.8. The summed E-state index contributed by atoms with van der Waals surface area (Å²) in [5.74, 6) is 0.879. The number of rotatable bonds is 3. The first kappa shape index (κ1) is 10.8. The lowest BCUT2D eigenvalue weighted by molar-refractivity contribution is -0.120. The maximum absolute atomic E-state index is 12.1. The van der Waals surface area contributed by atoms with Gasteiger partial charge in [-0.3, -0.25) is 9.89 Å². The number of aromatic nitrogens is 2. The van der Waals surface area contributed by atoms with Gasteiger partial charge in [-0.1, -0.05) is 6.92 Å². The molecular weight excluding hydrogens is 216 g/mol. The van der Waals surface area contributed by atoms with Gasteiger partial charge >= 0.3 is 0 Å². The van der Waals surface area contributed by atoms with Crippen LogP contribution in [0.5, 0.6) is 0 Å². The number of aromatic amines is 1. The second-order valence-electron chi connectivity index (χ2n) is 5.01. The van der Waals surface area contributed by atoms with Crippen LogP contribution in [0.3, 0.4) is 0 Å². The van der Waals surface area contributed by atoms with Gasteiger partial charge in [-0.25, -0.2) is 0 Å². The minimum Gasteiger partial charge on any atom is -0.310 e. The number of H-pyrrole nitrogens is 1. The van der Waals surface area contributed by atoms with Crippen LogP contribution in [0.25, 0.3) is 0 Å². The average Bonchev–Trinajstić information content (AvgIpc) is 3.04. The summed E-state index contributed by atoms with van der Waals surface area (Å²) < 4.78 is 0. The standard InChI is InChI=1S/C12H18N4O/c1-2-7-6-11(16-15-7)14-12(17)9-5-8-3-4-10(9)13-8/h6,8-10,13H,2-5H2,1H3,(H2,14,15,16,17). The summed E-state index contributed by atoms with van der Waals surface area (Å²) in [4.78, 5) is 12.1. The average molecular weight is 234 g/mol. The van der Waals surface area contributed by atoms with Crippen LogP contribution in [0.1, 0.15) is 31.9 Å². The highest BCUT2D eigenvalue weighted by Crippen LogP contribution is 2.33. The Kier molecular flexibility index (Phi) is 2.63. The summed E-state index contributed by atoms with van der Waals surface area (Å²) in [7, 11) is 0. The number of aryl methyl sites for hydroxylation is 1. The van der Waals surface area contributed by atoms with Gasteiger partial charge in [-0.05, 0) is 25.7 Å². The number of carbonyl (C=O) groups is 1. The number of hydrogen-bond donors (Lipinski definition) is 3. The summed E-state index contributed by atoms with van der Waals surface area (Å²) in [5, 5.41) is 13.4. The van der Waals surface area contributed by atoms with Gasteiger partial charge in [0.25, 0.3) is 0 Å². The number of fused-ring (bicyclic) bond motifs is 2. The van der Waals surface area contributed by atoms with Crippen molar-refractivity contribution >= 4 is 11.7 Å². The zero-order valence-electron chi connectivity index (χ0n) is 9.99. The van der Waals surface area contributed by atoms with Crippen LogP contribution in [-0.2, 0) is 11.2 Å². The molecule has 5 heteroatoms. The van der Waals surface area contributed by atoms with E-state index in [1.54, 1.807) is 0 Å². The molecule has 2 bridgehead atoms. The van der Waals surface area contributed by atoms with E-state index in [2.05, 4.69) is 27.8 Å². The fourth-order valence-electron chi connectivity index (χ4n) is 2.94. The van der Waals surface area contributed by atoms with Crippen molar-refractivity contribution in [3.63, 3.8) is 0 Å². The lowest BCUT2D eigenvalue weighted by atomic mass is 9.88. The molecule has 2 saturated heterocycles. The van der Waals surface area contributed by atoms with Crippen LogP contribution >= 0.6 is 0 Å². The van der Waals surface area contributed by atoms with E-state index in [0.29, 0.717) is 17.9 Å². The second kappa shape index (κ2) is 4.14. The Bertz CT molecular complexity index is 428. The van der Waals surface area contributed by atoms with Crippen LogP contribution < -0.4 is 10.6 Å². The highest BCUT2D eigenvalue weighted by Gasteiger charge is 2.42. The smallest absolute Gasteiger partial charge is 0.230 e. The Hall–Kier alpha value is -1.36. The Morgan fingerprint density at radius 2 is 2.47 bits per heavy atom. The summed E-state index contributed by atoms with van der Waals surface area (Å²) in [6.07, 6.45) is 4.22. The van der Waals surface area contributed by atoms with E-state index >= 15 is 0 Å². The molecule has 1 aromatic rings. The lowest BCUT2D eigenvalue weighted by Gasteiger charge is -2.18. The molecule has 1 aromatic heterocycles. The molecule has 1 amide bonds. The molecule has 0 spiro atoms. The quantitative estimate of drug-likeness (QED) is 0.732. The van der Waals surface area contributed by atoms with Crippen molar-refractivity contribution in [3.8, 4) is 0 Å². The van der Waals surface area contributed by atoms with Gasteiger partial charge < -0.3 is 10.6 Å². The van der Waals surface area contributed by atoms with Gasteiger partial charge in [0.05, 0.1) is 5.92 Å². The molecule has 0 aliphatic carbocycles. The first-order valence-corrected chi connectivity index (χ1v) is 6.37. The molecule has 3 atom stereocenters. The third-order valence-electron chi connectivity index (χ3n) is 3.90. The molecule has 3 unspecified atom stereocenters. The van der Waals surface area contributed by atoms with E-state index in [1.165, 1.54) is 6.42 Å². The molecule has 0 aromatic carbocycles. The van der Waals surface area contributed by atoms with Crippen molar-refractivity contribution < 1.29 is 4.79 Å². The van der Waals surface area contributed by atoms with Crippen LogP contribution in [0.15, 0.2) is 6.07 Å². The largest absolute Gasteiger partial charge is 0.310 e. The van der Waals surface area contributed by atoms with Gasteiger partial charge in [0, 0.05) is 23.8 Å². The molecule has 5 nitrogen and oxygen atoms in total. The summed E-state index contributed by atoms with van der Waals surface area (Å²) in [6, 6.07) is 2.84. The van der Waals surface area contributed by atoms with Gasteiger partial charge in [0.2, 0.25) is 5.91 Å². The number of carbonyl (C=O) groups excluding carboxylic acids is 1. The molecule has 2 fully saturated rings. The molecule has 3 N–H and O–H groups in total.